The lowest BCUT2D eigenvalue weighted by Gasteiger charge is -2.16. The quantitative estimate of drug-likeness (QED) is 0.785. The maximum Gasteiger partial charge on any atom is 0.128 e. The van der Waals surface area contributed by atoms with Crippen molar-refractivity contribution in [2.45, 2.75) is 32.6 Å². The second-order valence-electron chi connectivity index (χ2n) is 4.88. The Morgan fingerprint density at radius 1 is 1.28 bits per heavy atom. The number of imidazole rings is 1. The highest BCUT2D eigenvalue weighted by molar-refractivity contribution is 5.60. The minimum absolute atomic E-state index is 0.259. The van der Waals surface area contributed by atoms with Crippen LogP contribution in [0.1, 0.15) is 29.8 Å². The smallest absolute Gasteiger partial charge is 0.128 e. The largest absolute Gasteiger partial charge is 0.397 e. The van der Waals surface area contributed by atoms with Gasteiger partial charge in [-0.15, -0.1) is 0 Å². The Kier molecular flexibility index (Phi) is 2.58. The van der Waals surface area contributed by atoms with Gasteiger partial charge in [0, 0.05) is 5.69 Å². The zero-order valence-electron chi connectivity index (χ0n) is 10.4. The Morgan fingerprint density at radius 3 is 2.89 bits per heavy atom. The van der Waals surface area contributed by atoms with Crippen molar-refractivity contribution in [2.24, 2.45) is 0 Å². The molecule has 94 valence electrons. The summed E-state index contributed by atoms with van der Waals surface area (Å²) in [6.07, 6.45) is 6.23. The molecule has 0 bridgehead atoms. The van der Waals surface area contributed by atoms with E-state index < -0.39 is 0 Å². The molecule has 0 unspecified atom stereocenters. The summed E-state index contributed by atoms with van der Waals surface area (Å²) in [7, 11) is 0. The van der Waals surface area contributed by atoms with Crippen molar-refractivity contribution in [3.63, 3.8) is 0 Å². The molecule has 1 aromatic carbocycles. The number of halogens is 1. The van der Waals surface area contributed by atoms with Crippen LogP contribution in [0.4, 0.5) is 10.1 Å². The fourth-order valence-electron chi connectivity index (χ4n) is 2.57. The molecule has 0 saturated carbocycles. The minimum atomic E-state index is -0.259. The molecule has 18 heavy (non-hydrogen) atoms. The molecular formula is C14H16FN3. The fraction of sp³-hybridized carbons (Fsp3) is 0.357. The van der Waals surface area contributed by atoms with Crippen LogP contribution < -0.4 is 5.73 Å². The van der Waals surface area contributed by atoms with Gasteiger partial charge in [-0.3, -0.25) is 0 Å². The van der Waals surface area contributed by atoms with Crippen LogP contribution in [0.15, 0.2) is 18.5 Å². The highest BCUT2D eigenvalue weighted by atomic mass is 19.1. The standard InChI is InChI=1S/C14H16FN3/c1-9-6-14(11(16)7-10(9)15)18-8-17-12-4-2-3-5-13(12)18/h6-8H,2-5,16H2,1H3. The van der Waals surface area contributed by atoms with Gasteiger partial charge in [0.25, 0.3) is 0 Å². The molecule has 3 nitrogen and oxygen atoms in total. The predicted molar refractivity (Wildman–Crippen MR) is 69.3 cm³/mol. The van der Waals surface area contributed by atoms with Crippen molar-refractivity contribution in [1.82, 2.24) is 9.55 Å². The molecule has 0 atom stereocenters. The number of benzene rings is 1. The lowest BCUT2D eigenvalue weighted by molar-refractivity contribution is 0.618. The van der Waals surface area contributed by atoms with E-state index in [4.69, 9.17) is 5.73 Å². The molecule has 1 aliphatic rings. The SMILES string of the molecule is Cc1cc(-n2cnc3c2CCCC3)c(N)cc1F. The van der Waals surface area contributed by atoms with Crippen LogP contribution in [0.2, 0.25) is 0 Å². The summed E-state index contributed by atoms with van der Waals surface area (Å²) in [5.74, 6) is -0.259. The van der Waals surface area contributed by atoms with Crippen molar-refractivity contribution >= 4 is 5.69 Å². The fourth-order valence-corrected chi connectivity index (χ4v) is 2.57. The second-order valence-corrected chi connectivity index (χ2v) is 4.88. The third-order valence-electron chi connectivity index (χ3n) is 3.60. The molecule has 1 aromatic heterocycles. The highest BCUT2D eigenvalue weighted by Crippen LogP contribution is 2.27. The molecule has 0 aliphatic heterocycles. The van der Waals surface area contributed by atoms with Crippen LogP contribution >= 0.6 is 0 Å². The normalized spacial score (nSPS) is 14.6. The van der Waals surface area contributed by atoms with Crippen molar-refractivity contribution in [3.8, 4) is 5.69 Å². The van der Waals surface area contributed by atoms with Gasteiger partial charge in [0.2, 0.25) is 0 Å². The Hall–Kier alpha value is -1.84. The Balaban J connectivity index is 2.15. The molecule has 3 rings (SSSR count). The van der Waals surface area contributed by atoms with Crippen LogP contribution in [0.25, 0.3) is 5.69 Å². The van der Waals surface area contributed by atoms with E-state index >= 15 is 0 Å². The predicted octanol–water partition coefficient (Wildman–Crippen LogP) is 2.78. The molecule has 0 fully saturated rings. The second kappa shape index (κ2) is 4.12. The van der Waals surface area contributed by atoms with Gasteiger partial charge < -0.3 is 10.3 Å². The maximum atomic E-state index is 13.4. The number of nitrogens with zero attached hydrogens (tertiary/aromatic N) is 2. The van der Waals surface area contributed by atoms with Crippen molar-refractivity contribution < 1.29 is 4.39 Å². The van der Waals surface area contributed by atoms with Crippen molar-refractivity contribution in [3.05, 3.63) is 41.2 Å². The van der Waals surface area contributed by atoms with Crippen LogP contribution in [-0.2, 0) is 12.8 Å². The first kappa shape index (κ1) is 11.3. The first-order valence-electron chi connectivity index (χ1n) is 6.28. The first-order chi connectivity index (χ1) is 8.66. The Bertz CT molecular complexity index is 601. The molecule has 0 saturated heterocycles. The number of rotatable bonds is 1. The summed E-state index contributed by atoms with van der Waals surface area (Å²) in [4.78, 5) is 4.44. The zero-order chi connectivity index (χ0) is 12.7. The van der Waals surface area contributed by atoms with Crippen LogP contribution in [0.5, 0.6) is 0 Å². The van der Waals surface area contributed by atoms with Crippen LogP contribution in [0.3, 0.4) is 0 Å². The van der Waals surface area contributed by atoms with Crippen molar-refractivity contribution in [2.75, 3.05) is 5.73 Å². The van der Waals surface area contributed by atoms with Crippen molar-refractivity contribution in [1.29, 1.82) is 0 Å². The lowest BCUT2D eigenvalue weighted by atomic mass is 10.0. The van der Waals surface area contributed by atoms with Gasteiger partial charge in [-0.05, 0) is 50.3 Å². The number of nitrogens with two attached hydrogens (primary N) is 1. The third-order valence-corrected chi connectivity index (χ3v) is 3.60. The molecule has 2 N–H and O–H groups in total. The lowest BCUT2D eigenvalue weighted by Crippen LogP contribution is -2.09. The molecule has 0 radical (unpaired) electrons. The van der Waals surface area contributed by atoms with Gasteiger partial charge in [0.15, 0.2) is 0 Å². The van der Waals surface area contributed by atoms with Crippen LogP contribution in [0, 0.1) is 12.7 Å². The Labute approximate surface area is 105 Å². The van der Waals surface area contributed by atoms with E-state index in [1.807, 2.05) is 4.57 Å². The molecule has 0 spiro atoms. The maximum absolute atomic E-state index is 13.4. The summed E-state index contributed by atoms with van der Waals surface area (Å²) in [5, 5.41) is 0. The number of aryl methyl sites for hydroxylation is 2. The van der Waals surface area contributed by atoms with Gasteiger partial charge in [-0.1, -0.05) is 0 Å². The first-order valence-corrected chi connectivity index (χ1v) is 6.28. The number of aromatic nitrogens is 2. The molecule has 2 aromatic rings. The van der Waals surface area contributed by atoms with E-state index in [0.29, 0.717) is 11.3 Å². The van der Waals surface area contributed by atoms with Gasteiger partial charge in [-0.2, -0.15) is 0 Å². The average molecular weight is 245 g/mol. The van der Waals surface area contributed by atoms with E-state index in [1.165, 1.54) is 24.6 Å². The molecule has 1 aliphatic carbocycles. The highest BCUT2D eigenvalue weighted by Gasteiger charge is 2.17. The Morgan fingerprint density at radius 2 is 2.06 bits per heavy atom. The number of hydrogen-bond acceptors (Lipinski definition) is 2. The van der Waals surface area contributed by atoms with Gasteiger partial charge in [-0.25, -0.2) is 9.37 Å². The zero-order valence-corrected chi connectivity index (χ0v) is 10.4. The summed E-state index contributed by atoms with van der Waals surface area (Å²) in [5.41, 5.74) is 10.2. The van der Waals surface area contributed by atoms with Gasteiger partial charge in [0.05, 0.1) is 23.4 Å². The van der Waals surface area contributed by atoms with E-state index in [0.717, 1.165) is 24.2 Å². The molecular weight excluding hydrogens is 229 g/mol. The minimum Gasteiger partial charge on any atom is -0.397 e. The average Bonchev–Trinajstić information content (AvgIpc) is 2.78. The van der Waals surface area contributed by atoms with Gasteiger partial charge >= 0.3 is 0 Å². The van der Waals surface area contributed by atoms with E-state index in [9.17, 15) is 4.39 Å². The topological polar surface area (TPSA) is 43.8 Å². The van der Waals surface area contributed by atoms with Gasteiger partial charge in [0.1, 0.15) is 5.82 Å². The monoisotopic (exact) mass is 245 g/mol. The summed E-state index contributed by atoms with van der Waals surface area (Å²) < 4.78 is 15.4. The number of anilines is 1. The molecule has 1 heterocycles. The number of fused-ring (bicyclic) bond motifs is 1. The summed E-state index contributed by atoms with van der Waals surface area (Å²) in [6.45, 7) is 1.75. The number of nitrogen functional groups attached to an aromatic ring is 1. The molecule has 0 amide bonds. The van der Waals surface area contributed by atoms with Crippen LogP contribution in [-0.4, -0.2) is 9.55 Å². The van der Waals surface area contributed by atoms with E-state index in [-0.39, 0.29) is 5.82 Å². The molecule has 4 heteroatoms. The number of hydrogen-bond donors (Lipinski definition) is 1. The van der Waals surface area contributed by atoms with E-state index in [2.05, 4.69) is 4.98 Å². The summed E-state index contributed by atoms with van der Waals surface area (Å²) >= 11 is 0. The summed E-state index contributed by atoms with van der Waals surface area (Å²) in [6, 6.07) is 3.18. The third kappa shape index (κ3) is 1.68. The van der Waals surface area contributed by atoms with E-state index in [1.54, 1.807) is 19.3 Å².